The fourth-order valence-corrected chi connectivity index (χ4v) is 4.38. The second-order valence-electron chi connectivity index (χ2n) is 7.58. The van der Waals surface area contributed by atoms with Crippen molar-refractivity contribution in [2.24, 2.45) is 9.98 Å². The number of carbonyl (C=O) groups excluding carboxylic acids is 1. The van der Waals surface area contributed by atoms with Crippen LogP contribution in [0.3, 0.4) is 0 Å². The SMILES string of the molecule is COc1cccc(NC(=O)N2CCC3(CC2)N=C(SC)C(c2ccc(C)cc2)=N3)c1. The number of ether oxygens (including phenoxy) is 1. The van der Waals surface area contributed by atoms with E-state index < -0.39 is 5.66 Å². The van der Waals surface area contributed by atoms with Crippen LogP contribution in [-0.4, -0.2) is 53.8 Å². The van der Waals surface area contributed by atoms with Gasteiger partial charge in [0, 0.05) is 43.2 Å². The molecule has 1 N–H and O–H groups in total. The van der Waals surface area contributed by atoms with Crippen LogP contribution in [0.2, 0.25) is 0 Å². The zero-order valence-corrected chi connectivity index (χ0v) is 18.3. The molecule has 7 heteroatoms. The van der Waals surface area contributed by atoms with E-state index in [1.165, 1.54) is 5.56 Å². The summed E-state index contributed by atoms with van der Waals surface area (Å²) in [6, 6.07) is 15.7. The van der Waals surface area contributed by atoms with E-state index in [-0.39, 0.29) is 6.03 Å². The predicted octanol–water partition coefficient (Wildman–Crippen LogP) is 4.59. The molecule has 2 heterocycles. The van der Waals surface area contributed by atoms with E-state index in [9.17, 15) is 4.79 Å². The molecule has 0 bridgehead atoms. The molecule has 2 aromatic carbocycles. The summed E-state index contributed by atoms with van der Waals surface area (Å²) in [4.78, 5) is 24.6. The van der Waals surface area contributed by atoms with E-state index in [1.807, 2.05) is 35.4 Å². The molecule has 1 fully saturated rings. The Labute approximate surface area is 181 Å². The number of methoxy groups -OCH3 is 1. The number of carbonyl (C=O) groups is 1. The Morgan fingerprint density at radius 2 is 1.87 bits per heavy atom. The van der Waals surface area contributed by atoms with Gasteiger partial charge in [0.2, 0.25) is 0 Å². The molecule has 0 aromatic heterocycles. The van der Waals surface area contributed by atoms with Gasteiger partial charge in [0.05, 0.1) is 12.8 Å². The van der Waals surface area contributed by atoms with Gasteiger partial charge in [0.25, 0.3) is 0 Å². The number of nitrogens with one attached hydrogen (secondary N) is 1. The standard InChI is InChI=1S/C23H26N4O2S/c1-16-7-9-17(10-8-16)20-21(30-3)26-23(25-20)11-13-27(14-12-23)22(28)24-18-5-4-6-19(15-18)29-2/h4-10,15H,11-14H2,1-3H3,(H,24,28). The van der Waals surface area contributed by atoms with Crippen molar-refractivity contribution in [3.05, 3.63) is 59.7 Å². The van der Waals surface area contributed by atoms with Gasteiger partial charge in [-0.05, 0) is 25.3 Å². The van der Waals surface area contributed by atoms with Crippen molar-refractivity contribution in [3.8, 4) is 5.75 Å². The van der Waals surface area contributed by atoms with Gasteiger partial charge in [0.15, 0.2) is 5.66 Å². The van der Waals surface area contributed by atoms with E-state index in [0.29, 0.717) is 18.8 Å². The van der Waals surface area contributed by atoms with Crippen molar-refractivity contribution in [2.75, 3.05) is 31.8 Å². The average Bonchev–Trinajstić information content (AvgIpc) is 3.13. The normalized spacial score (nSPS) is 17.5. The van der Waals surface area contributed by atoms with Gasteiger partial charge in [-0.15, -0.1) is 11.8 Å². The number of rotatable bonds is 3. The molecule has 2 amide bonds. The summed E-state index contributed by atoms with van der Waals surface area (Å²) in [6.07, 6.45) is 3.48. The zero-order valence-electron chi connectivity index (χ0n) is 17.5. The molecule has 6 nitrogen and oxygen atoms in total. The zero-order chi connectivity index (χ0) is 21.1. The van der Waals surface area contributed by atoms with Crippen LogP contribution in [0.1, 0.15) is 24.0 Å². The molecule has 0 radical (unpaired) electrons. The third-order valence-corrected chi connectivity index (χ3v) is 6.19. The van der Waals surface area contributed by atoms with Crippen molar-refractivity contribution < 1.29 is 9.53 Å². The van der Waals surface area contributed by atoms with E-state index in [1.54, 1.807) is 18.9 Å². The fourth-order valence-electron chi connectivity index (χ4n) is 3.76. The van der Waals surface area contributed by atoms with Crippen LogP contribution in [0.4, 0.5) is 10.5 Å². The van der Waals surface area contributed by atoms with Gasteiger partial charge in [-0.2, -0.15) is 0 Å². The van der Waals surface area contributed by atoms with Gasteiger partial charge in [-0.1, -0.05) is 35.9 Å². The van der Waals surface area contributed by atoms with Crippen molar-refractivity contribution in [3.63, 3.8) is 0 Å². The summed E-state index contributed by atoms with van der Waals surface area (Å²) >= 11 is 1.63. The average molecular weight is 423 g/mol. The number of hydrogen-bond acceptors (Lipinski definition) is 5. The maximum Gasteiger partial charge on any atom is 0.321 e. The van der Waals surface area contributed by atoms with Crippen LogP contribution in [0, 0.1) is 6.92 Å². The number of aryl methyl sites for hydroxylation is 1. The number of aliphatic imine (C=N–C) groups is 2. The van der Waals surface area contributed by atoms with Crippen LogP contribution in [0.5, 0.6) is 5.75 Å². The molecule has 0 saturated carbocycles. The minimum Gasteiger partial charge on any atom is -0.497 e. The van der Waals surface area contributed by atoms with E-state index in [4.69, 9.17) is 14.7 Å². The number of likely N-dealkylation sites (tertiary alicyclic amines) is 1. The highest BCUT2D eigenvalue weighted by molar-refractivity contribution is 8.15. The first kappa shape index (κ1) is 20.5. The van der Waals surface area contributed by atoms with Crippen LogP contribution in [0.25, 0.3) is 0 Å². The lowest BCUT2D eigenvalue weighted by Gasteiger charge is -2.35. The number of thioether (sulfide) groups is 1. The Hall–Kier alpha value is -2.80. The highest BCUT2D eigenvalue weighted by Gasteiger charge is 2.40. The Morgan fingerprint density at radius 3 is 2.53 bits per heavy atom. The lowest BCUT2D eigenvalue weighted by molar-refractivity contribution is 0.175. The van der Waals surface area contributed by atoms with Crippen LogP contribution in [0.15, 0.2) is 58.5 Å². The number of benzene rings is 2. The van der Waals surface area contributed by atoms with Gasteiger partial charge in [0.1, 0.15) is 10.8 Å². The highest BCUT2D eigenvalue weighted by Crippen LogP contribution is 2.35. The molecule has 30 heavy (non-hydrogen) atoms. The van der Waals surface area contributed by atoms with E-state index >= 15 is 0 Å². The second-order valence-corrected chi connectivity index (χ2v) is 8.37. The molecule has 4 rings (SSSR count). The van der Waals surface area contributed by atoms with Gasteiger partial charge in [-0.3, -0.25) is 4.99 Å². The molecule has 2 aliphatic heterocycles. The molecule has 1 spiro atoms. The Balaban J connectivity index is 1.44. The predicted molar refractivity (Wildman–Crippen MR) is 124 cm³/mol. The lowest BCUT2D eigenvalue weighted by atomic mass is 9.98. The van der Waals surface area contributed by atoms with Gasteiger partial charge < -0.3 is 15.0 Å². The van der Waals surface area contributed by atoms with Crippen molar-refractivity contribution in [2.45, 2.75) is 25.4 Å². The summed E-state index contributed by atoms with van der Waals surface area (Å²) in [5.74, 6) is 0.716. The highest BCUT2D eigenvalue weighted by atomic mass is 32.2. The Morgan fingerprint density at radius 1 is 1.13 bits per heavy atom. The van der Waals surface area contributed by atoms with Crippen molar-refractivity contribution in [1.82, 2.24) is 4.90 Å². The largest absolute Gasteiger partial charge is 0.497 e. The summed E-state index contributed by atoms with van der Waals surface area (Å²) in [5, 5.41) is 3.94. The first-order chi connectivity index (χ1) is 14.5. The number of hydrogen-bond donors (Lipinski definition) is 1. The number of nitrogens with zero attached hydrogens (tertiary/aromatic N) is 3. The minimum atomic E-state index is -0.453. The van der Waals surface area contributed by atoms with Gasteiger partial charge >= 0.3 is 6.03 Å². The van der Waals surface area contributed by atoms with Crippen LogP contribution >= 0.6 is 11.8 Å². The molecule has 156 valence electrons. The Bertz CT molecular complexity index is 993. The number of piperidine rings is 1. The third-order valence-electron chi connectivity index (χ3n) is 5.52. The molecule has 2 aromatic rings. The third kappa shape index (κ3) is 4.21. The summed E-state index contributed by atoms with van der Waals surface area (Å²) in [7, 11) is 1.61. The molecule has 0 aliphatic carbocycles. The summed E-state index contributed by atoms with van der Waals surface area (Å²) in [5.41, 5.74) is 3.57. The Kier molecular flexibility index (Phi) is 5.81. The molecular formula is C23H26N4O2S. The maximum atomic E-state index is 12.7. The minimum absolute atomic E-state index is 0.104. The quantitative estimate of drug-likeness (QED) is 0.787. The molecular weight excluding hydrogens is 396 g/mol. The lowest BCUT2D eigenvalue weighted by Crippen LogP contribution is -2.46. The maximum absolute atomic E-state index is 12.7. The van der Waals surface area contributed by atoms with E-state index in [2.05, 4.69) is 36.5 Å². The van der Waals surface area contributed by atoms with Crippen LogP contribution < -0.4 is 10.1 Å². The summed E-state index contributed by atoms with van der Waals surface area (Å²) in [6.45, 7) is 3.31. The van der Waals surface area contributed by atoms with Crippen LogP contribution in [-0.2, 0) is 0 Å². The van der Waals surface area contributed by atoms with E-state index in [0.717, 1.165) is 34.8 Å². The number of anilines is 1. The van der Waals surface area contributed by atoms with Crippen molar-refractivity contribution in [1.29, 1.82) is 0 Å². The first-order valence-corrected chi connectivity index (χ1v) is 11.3. The second kappa shape index (κ2) is 8.52. The monoisotopic (exact) mass is 422 g/mol. The topological polar surface area (TPSA) is 66.3 Å². The number of amides is 2. The first-order valence-electron chi connectivity index (χ1n) is 10.0. The number of urea groups is 1. The van der Waals surface area contributed by atoms with Crippen molar-refractivity contribution >= 4 is 34.2 Å². The molecule has 0 unspecified atom stereocenters. The summed E-state index contributed by atoms with van der Waals surface area (Å²) < 4.78 is 5.22. The molecule has 2 aliphatic rings. The van der Waals surface area contributed by atoms with Gasteiger partial charge in [-0.25, -0.2) is 9.79 Å². The smallest absolute Gasteiger partial charge is 0.321 e. The fraction of sp³-hybridized carbons (Fsp3) is 0.348. The molecule has 1 saturated heterocycles. The molecule has 0 atom stereocenters.